The van der Waals surface area contributed by atoms with Crippen molar-refractivity contribution in [3.05, 3.63) is 30.3 Å². The van der Waals surface area contributed by atoms with Crippen LogP contribution in [0.5, 0.6) is 5.75 Å². The van der Waals surface area contributed by atoms with Gasteiger partial charge in [0.05, 0.1) is 6.10 Å². The van der Waals surface area contributed by atoms with Crippen molar-refractivity contribution >= 4 is 13.5 Å². The average Bonchev–Trinajstić information content (AvgIpc) is 2.37. The molecule has 0 heterocycles. The SMILES string of the molecule is CCP(=O)(NCC(=O)OC(C)C)Oc1ccccc1. The van der Waals surface area contributed by atoms with Crippen LogP contribution in [0, 0.1) is 0 Å². The minimum absolute atomic E-state index is 0.129. The molecular weight excluding hydrogens is 265 g/mol. The van der Waals surface area contributed by atoms with Gasteiger partial charge in [0.2, 0.25) is 0 Å². The molecule has 0 aliphatic rings. The Kier molecular flexibility index (Phi) is 6.06. The molecule has 0 aromatic heterocycles. The van der Waals surface area contributed by atoms with Crippen molar-refractivity contribution in [1.29, 1.82) is 0 Å². The van der Waals surface area contributed by atoms with Gasteiger partial charge in [0.1, 0.15) is 12.3 Å². The summed E-state index contributed by atoms with van der Waals surface area (Å²) in [6, 6.07) is 8.87. The molecule has 0 aliphatic heterocycles. The van der Waals surface area contributed by atoms with Gasteiger partial charge in [-0.2, -0.15) is 0 Å². The first kappa shape index (κ1) is 15.7. The molecule has 0 saturated heterocycles. The minimum atomic E-state index is -3.07. The van der Waals surface area contributed by atoms with Gasteiger partial charge >= 0.3 is 13.5 Å². The second kappa shape index (κ2) is 7.31. The van der Waals surface area contributed by atoms with E-state index >= 15 is 0 Å². The number of hydrogen-bond donors (Lipinski definition) is 1. The molecule has 0 amide bonds. The first-order valence-electron chi connectivity index (χ1n) is 6.23. The number of carbonyl (C=O) groups is 1. The van der Waals surface area contributed by atoms with E-state index in [2.05, 4.69) is 5.09 Å². The van der Waals surface area contributed by atoms with Crippen LogP contribution in [0.1, 0.15) is 20.8 Å². The molecule has 1 aromatic carbocycles. The van der Waals surface area contributed by atoms with Crippen LogP contribution < -0.4 is 9.61 Å². The summed E-state index contributed by atoms with van der Waals surface area (Å²) in [6.45, 7) is 5.14. The lowest BCUT2D eigenvalue weighted by molar-refractivity contribution is -0.145. The molecule has 0 saturated carbocycles. The van der Waals surface area contributed by atoms with Crippen LogP contribution in [-0.4, -0.2) is 24.8 Å². The van der Waals surface area contributed by atoms with Gasteiger partial charge in [-0.05, 0) is 26.0 Å². The molecule has 1 rings (SSSR count). The Morgan fingerprint density at radius 3 is 2.47 bits per heavy atom. The summed E-state index contributed by atoms with van der Waals surface area (Å²) in [7, 11) is -3.07. The predicted molar refractivity (Wildman–Crippen MR) is 74.4 cm³/mol. The molecule has 0 spiro atoms. The Morgan fingerprint density at radius 2 is 1.95 bits per heavy atom. The lowest BCUT2D eigenvalue weighted by Gasteiger charge is -2.19. The summed E-state index contributed by atoms with van der Waals surface area (Å²) in [5, 5.41) is 2.66. The van der Waals surface area contributed by atoms with Crippen molar-refractivity contribution in [2.45, 2.75) is 26.9 Å². The minimum Gasteiger partial charge on any atom is -0.462 e. The zero-order valence-electron chi connectivity index (χ0n) is 11.5. The Hall–Kier alpha value is -1.32. The number of hydrogen-bond acceptors (Lipinski definition) is 4. The maximum atomic E-state index is 12.4. The van der Waals surface area contributed by atoms with Gasteiger partial charge in [-0.3, -0.25) is 9.36 Å². The van der Waals surface area contributed by atoms with Gasteiger partial charge < -0.3 is 9.26 Å². The predicted octanol–water partition coefficient (Wildman–Crippen LogP) is 2.82. The molecular formula is C13H20NO4P. The zero-order chi connectivity index (χ0) is 14.3. The largest absolute Gasteiger partial charge is 0.462 e. The van der Waals surface area contributed by atoms with Gasteiger partial charge in [-0.1, -0.05) is 25.1 Å². The summed E-state index contributed by atoms with van der Waals surface area (Å²) in [5.74, 6) is 0.0674. The molecule has 1 aromatic rings. The molecule has 106 valence electrons. The van der Waals surface area contributed by atoms with Gasteiger partial charge in [-0.15, -0.1) is 0 Å². The third-order valence-corrected chi connectivity index (χ3v) is 4.22. The van der Waals surface area contributed by atoms with Crippen molar-refractivity contribution in [2.24, 2.45) is 0 Å². The number of esters is 1. The van der Waals surface area contributed by atoms with Gasteiger partial charge in [-0.25, -0.2) is 5.09 Å². The molecule has 0 radical (unpaired) electrons. The van der Waals surface area contributed by atoms with Crippen molar-refractivity contribution in [1.82, 2.24) is 5.09 Å². The number of benzene rings is 1. The van der Waals surface area contributed by atoms with Gasteiger partial charge in [0, 0.05) is 6.16 Å². The van der Waals surface area contributed by atoms with Crippen LogP contribution in [0.3, 0.4) is 0 Å². The van der Waals surface area contributed by atoms with Gasteiger partial charge in [0.15, 0.2) is 0 Å². The highest BCUT2D eigenvalue weighted by atomic mass is 31.2. The van der Waals surface area contributed by atoms with Crippen molar-refractivity contribution in [3.8, 4) is 5.75 Å². The number of rotatable bonds is 7. The van der Waals surface area contributed by atoms with E-state index < -0.39 is 13.5 Å². The monoisotopic (exact) mass is 285 g/mol. The molecule has 5 nitrogen and oxygen atoms in total. The van der Waals surface area contributed by atoms with E-state index in [9.17, 15) is 9.36 Å². The molecule has 1 N–H and O–H groups in total. The highest BCUT2D eigenvalue weighted by molar-refractivity contribution is 7.57. The third kappa shape index (κ3) is 5.90. The quantitative estimate of drug-likeness (QED) is 0.616. The summed E-state index contributed by atoms with van der Waals surface area (Å²) in [4.78, 5) is 11.4. The van der Waals surface area contributed by atoms with Crippen LogP contribution in [0.25, 0.3) is 0 Å². The number of ether oxygens (including phenoxy) is 1. The first-order valence-corrected chi connectivity index (χ1v) is 8.04. The van der Waals surface area contributed by atoms with Crippen LogP contribution in [-0.2, 0) is 14.1 Å². The fourth-order valence-corrected chi connectivity index (χ4v) is 2.60. The van der Waals surface area contributed by atoms with E-state index in [1.54, 1.807) is 45.0 Å². The fourth-order valence-electron chi connectivity index (χ4n) is 1.35. The van der Waals surface area contributed by atoms with Gasteiger partial charge in [0.25, 0.3) is 0 Å². The van der Waals surface area contributed by atoms with Crippen LogP contribution in [0.15, 0.2) is 30.3 Å². The van der Waals surface area contributed by atoms with Crippen molar-refractivity contribution in [2.75, 3.05) is 12.7 Å². The summed E-state index contributed by atoms with van der Waals surface area (Å²) in [5.41, 5.74) is 0. The first-order chi connectivity index (χ1) is 8.95. The normalized spacial score (nSPS) is 13.9. The highest BCUT2D eigenvalue weighted by Gasteiger charge is 2.23. The average molecular weight is 285 g/mol. The molecule has 1 unspecified atom stereocenters. The molecule has 0 aliphatic carbocycles. The van der Waals surface area contributed by atoms with E-state index in [-0.39, 0.29) is 18.8 Å². The number of nitrogens with one attached hydrogen (secondary N) is 1. The number of carbonyl (C=O) groups excluding carboxylic acids is 1. The summed E-state index contributed by atoms with van der Waals surface area (Å²) < 4.78 is 22.8. The second-order valence-electron chi connectivity index (χ2n) is 4.27. The van der Waals surface area contributed by atoms with E-state index in [4.69, 9.17) is 9.26 Å². The molecule has 0 fully saturated rings. The molecule has 0 bridgehead atoms. The summed E-state index contributed by atoms with van der Waals surface area (Å²) >= 11 is 0. The smallest absolute Gasteiger partial charge is 0.320 e. The van der Waals surface area contributed by atoms with E-state index in [1.165, 1.54) is 0 Å². The zero-order valence-corrected chi connectivity index (χ0v) is 12.4. The van der Waals surface area contributed by atoms with Crippen LogP contribution in [0.4, 0.5) is 0 Å². The Balaban J connectivity index is 2.56. The Morgan fingerprint density at radius 1 is 1.32 bits per heavy atom. The van der Waals surface area contributed by atoms with Crippen LogP contribution >= 0.6 is 7.52 Å². The Labute approximate surface area is 113 Å². The highest BCUT2D eigenvalue weighted by Crippen LogP contribution is 2.42. The lowest BCUT2D eigenvalue weighted by atomic mass is 10.3. The lowest BCUT2D eigenvalue weighted by Crippen LogP contribution is -2.26. The Bertz CT molecular complexity index is 447. The summed E-state index contributed by atoms with van der Waals surface area (Å²) in [6.07, 6.45) is 0.0991. The topological polar surface area (TPSA) is 64.6 Å². The second-order valence-corrected chi connectivity index (χ2v) is 6.75. The van der Waals surface area contributed by atoms with Crippen molar-refractivity contribution in [3.63, 3.8) is 0 Å². The maximum Gasteiger partial charge on any atom is 0.320 e. The molecule has 1 atom stereocenters. The molecule has 19 heavy (non-hydrogen) atoms. The van der Waals surface area contributed by atoms with E-state index in [1.807, 2.05) is 6.07 Å². The standard InChI is InChI=1S/C13H20NO4P/c1-4-19(16,14-10-13(15)17-11(2)3)18-12-8-6-5-7-9-12/h5-9,11H,4,10H2,1-3H3,(H,14,16). The van der Waals surface area contributed by atoms with Crippen molar-refractivity contribution < 1.29 is 18.6 Å². The van der Waals surface area contributed by atoms with E-state index in [0.717, 1.165) is 0 Å². The van der Waals surface area contributed by atoms with Crippen LogP contribution in [0.2, 0.25) is 0 Å². The number of para-hydroxylation sites is 1. The molecule has 6 heteroatoms. The maximum absolute atomic E-state index is 12.4. The van der Waals surface area contributed by atoms with E-state index in [0.29, 0.717) is 5.75 Å². The third-order valence-electron chi connectivity index (χ3n) is 2.24. The fraction of sp³-hybridized carbons (Fsp3) is 0.462.